The third-order valence-corrected chi connectivity index (χ3v) is 3.68. The third kappa shape index (κ3) is 4.67. The smallest absolute Gasteiger partial charge is 0.248 e. The molecule has 0 aliphatic carbocycles. The quantitative estimate of drug-likeness (QED) is 0.660. The zero-order valence-corrected chi connectivity index (χ0v) is 14.8. The van der Waals surface area contributed by atoms with Crippen molar-refractivity contribution in [3.63, 3.8) is 0 Å². The summed E-state index contributed by atoms with van der Waals surface area (Å²) in [4.78, 5) is 23.1. The molecule has 0 saturated heterocycles. The summed E-state index contributed by atoms with van der Waals surface area (Å²) >= 11 is 0. The second-order valence-corrected chi connectivity index (χ2v) is 5.87. The second-order valence-electron chi connectivity index (χ2n) is 5.87. The Hall–Kier alpha value is -3.81. The van der Waals surface area contributed by atoms with Crippen LogP contribution in [-0.2, 0) is 9.59 Å². The second kappa shape index (κ2) is 8.26. The van der Waals surface area contributed by atoms with Crippen molar-refractivity contribution in [3.05, 3.63) is 78.1 Å². The van der Waals surface area contributed by atoms with Gasteiger partial charge < -0.3 is 10.6 Å². The molecule has 0 fully saturated rings. The van der Waals surface area contributed by atoms with Gasteiger partial charge in [0.25, 0.3) is 0 Å². The van der Waals surface area contributed by atoms with Gasteiger partial charge in [0.15, 0.2) is 0 Å². The molecule has 6 nitrogen and oxygen atoms in total. The highest BCUT2D eigenvalue weighted by Crippen LogP contribution is 2.23. The van der Waals surface area contributed by atoms with Crippen LogP contribution >= 0.6 is 0 Å². The molecule has 0 spiro atoms. The van der Waals surface area contributed by atoms with Crippen LogP contribution in [0, 0.1) is 11.6 Å². The number of hydrogen-bond acceptors (Lipinski definition) is 3. The molecule has 3 aromatic rings. The number of nitrogens with zero attached hydrogens (tertiary/aromatic N) is 2. The fourth-order valence-corrected chi connectivity index (χ4v) is 2.42. The minimum absolute atomic E-state index is 0.225. The number of carbonyl (C=O) groups is 2. The summed E-state index contributed by atoms with van der Waals surface area (Å²) in [5.41, 5.74) is 1.06. The van der Waals surface area contributed by atoms with Gasteiger partial charge in [0, 0.05) is 30.8 Å². The maximum absolute atomic E-state index is 13.9. The van der Waals surface area contributed by atoms with E-state index in [0.717, 1.165) is 11.8 Å². The molecule has 1 aromatic heterocycles. The monoisotopic (exact) mass is 382 g/mol. The molecular formula is C20H16F2N4O2. The van der Waals surface area contributed by atoms with E-state index in [2.05, 4.69) is 15.7 Å². The lowest BCUT2D eigenvalue weighted by atomic mass is 10.2. The van der Waals surface area contributed by atoms with Gasteiger partial charge in [-0.3, -0.25) is 9.59 Å². The molecule has 2 amide bonds. The summed E-state index contributed by atoms with van der Waals surface area (Å²) in [6, 6.07) is 11.0. The Morgan fingerprint density at radius 1 is 1.04 bits per heavy atom. The minimum Gasteiger partial charge on any atom is -0.324 e. The number of aromatic nitrogens is 2. The SMILES string of the molecule is CC(=O)Nc1cc(NC(=O)/C=C/c2cnn(-c3ccccc3)c2)c(F)cc1F. The maximum Gasteiger partial charge on any atom is 0.248 e. The van der Waals surface area contributed by atoms with E-state index >= 15 is 0 Å². The van der Waals surface area contributed by atoms with E-state index in [4.69, 9.17) is 0 Å². The molecule has 0 bridgehead atoms. The summed E-state index contributed by atoms with van der Waals surface area (Å²) in [6.45, 7) is 1.19. The van der Waals surface area contributed by atoms with E-state index in [1.54, 1.807) is 17.1 Å². The molecule has 0 atom stereocenters. The molecule has 28 heavy (non-hydrogen) atoms. The van der Waals surface area contributed by atoms with E-state index in [9.17, 15) is 18.4 Å². The molecule has 0 aliphatic rings. The molecule has 0 saturated carbocycles. The number of carbonyl (C=O) groups excluding carboxylic acids is 2. The molecule has 1 heterocycles. The van der Waals surface area contributed by atoms with Crippen LogP contribution in [0.3, 0.4) is 0 Å². The van der Waals surface area contributed by atoms with E-state index in [0.29, 0.717) is 11.6 Å². The molecule has 142 valence electrons. The van der Waals surface area contributed by atoms with Crippen LogP contribution in [0.15, 0.2) is 60.9 Å². The van der Waals surface area contributed by atoms with Crippen molar-refractivity contribution in [2.75, 3.05) is 10.6 Å². The Balaban J connectivity index is 1.70. The van der Waals surface area contributed by atoms with E-state index in [-0.39, 0.29) is 11.4 Å². The average molecular weight is 382 g/mol. The molecule has 0 unspecified atom stereocenters. The Kier molecular flexibility index (Phi) is 5.59. The van der Waals surface area contributed by atoms with Gasteiger partial charge in [-0.2, -0.15) is 5.10 Å². The van der Waals surface area contributed by atoms with Crippen molar-refractivity contribution in [1.82, 2.24) is 9.78 Å². The van der Waals surface area contributed by atoms with E-state index in [1.165, 1.54) is 19.1 Å². The highest BCUT2D eigenvalue weighted by molar-refractivity contribution is 6.02. The molecule has 2 aromatic carbocycles. The zero-order chi connectivity index (χ0) is 20.1. The van der Waals surface area contributed by atoms with Crippen molar-refractivity contribution >= 4 is 29.3 Å². The van der Waals surface area contributed by atoms with Crippen LogP contribution in [-0.4, -0.2) is 21.6 Å². The van der Waals surface area contributed by atoms with Crippen LogP contribution in [0.4, 0.5) is 20.2 Å². The summed E-state index contributed by atoms with van der Waals surface area (Å²) in [6.07, 6.45) is 6.02. The number of anilines is 2. The van der Waals surface area contributed by atoms with Crippen LogP contribution < -0.4 is 10.6 Å². The number of hydrogen-bond donors (Lipinski definition) is 2. The summed E-state index contributed by atoms with van der Waals surface area (Å²) in [7, 11) is 0. The van der Waals surface area contributed by atoms with E-state index in [1.807, 2.05) is 30.3 Å². The van der Waals surface area contributed by atoms with E-state index < -0.39 is 23.4 Å². The Morgan fingerprint density at radius 2 is 1.71 bits per heavy atom. The normalized spacial score (nSPS) is 10.8. The van der Waals surface area contributed by atoms with Crippen molar-refractivity contribution in [1.29, 1.82) is 0 Å². The standard InChI is InChI=1S/C20H16F2N4O2/c1-13(27)24-18-10-19(17(22)9-16(18)21)25-20(28)8-7-14-11-23-26(12-14)15-5-3-2-4-6-15/h2-12H,1H3,(H,24,27)(H,25,28)/b8-7+. The number of halogens is 2. The first kappa shape index (κ1) is 19.0. The molecule has 0 aliphatic heterocycles. The number of para-hydroxylation sites is 1. The lowest BCUT2D eigenvalue weighted by Crippen LogP contribution is -2.12. The Labute approximate surface area is 159 Å². The Bertz CT molecular complexity index is 1050. The highest BCUT2D eigenvalue weighted by atomic mass is 19.1. The molecule has 3 rings (SSSR count). The first-order valence-corrected chi connectivity index (χ1v) is 8.28. The summed E-state index contributed by atoms with van der Waals surface area (Å²) in [5.74, 6) is -3.02. The molecule has 2 N–H and O–H groups in total. The largest absolute Gasteiger partial charge is 0.324 e. The fraction of sp³-hybridized carbons (Fsp3) is 0.0500. The topological polar surface area (TPSA) is 76.0 Å². The highest BCUT2D eigenvalue weighted by Gasteiger charge is 2.12. The van der Waals surface area contributed by atoms with Gasteiger partial charge in [0.2, 0.25) is 11.8 Å². The maximum atomic E-state index is 13.9. The summed E-state index contributed by atoms with van der Waals surface area (Å²) < 4.78 is 29.2. The van der Waals surface area contributed by atoms with Gasteiger partial charge in [-0.1, -0.05) is 18.2 Å². The van der Waals surface area contributed by atoms with Crippen molar-refractivity contribution in [2.45, 2.75) is 6.92 Å². The average Bonchev–Trinajstić information content (AvgIpc) is 3.13. The summed E-state index contributed by atoms with van der Waals surface area (Å²) in [5, 5.41) is 8.75. The van der Waals surface area contributed by atoms with Crippen molar-refractivity contribution in [2.24, 2.45) is 0 Å². The number of nitrogens with one attached hydrogen (secondary N) is 2. The molecular weight excluding hydrogens is 366 g/mol. The van der Waals surface area contributed by atoms with Gasteiger partial charge >= 0.3 is 0 Å². The Morgan fingerprint density at radius 3 is 2.39 bits per heavy atom. The third-order valence-electron chi connectivity index (χ3n) is 3.68. The first-order chi connectivity index (χ1) is 13.4. The predicted molar refractivity (Wildman–Crippen MR) is 102 cm³/mol. The van der Waals surface area contributed by atoms with Gasteiger partial charge in [0.1, 0.15) is 11.6 Å². The van der Waals surface area contributed by atoms with Crippen molar-refractivity contribution < 1.29 is 18.4 Å². The fourth-order valence-electron chi connectivity index (χ4n) is 2.42. The van der Waals surface area contributed by atoms with Crippen LogP contribution in [0.2, 0.25) is 0 Å². The lowest BCUT2D eigenvalue weighted by molar-refractivity contribution is -0.114. The van der Waals surface area contributed by atoms with Gasteiger partial charge in [-0.05, 0) is 24.3 Å². The van der Waals surface area contributed by atoms with Crippen molar-refractivity contribution in [3.8, 4) is 5.69 Å². The number of amides is 2. The number of benzene rings is 2. The first-order valence-electron chi connectivity index (χ1n) is 8.28. The molecule has 8 heteroatoms. The zero-order valence-electron chi connectivity index (χ0n) is 14.8. The molecule has 0 radical (unpaired) electrons. The van der Waals surface area contributed by atoms with Gasteiger partial charge in [-0.25, -0.2) is 13.5 Å². The lowest BCUT2D eigenvalue weighted by Gasteiger charge is -2.09. The number of rotatable bonds is 5. The minimum atomic E-state index is -0.953. The van der Waals surface area contributed by atoms with Gasteiger partial charge in [0.05, 0.1) is 23.3 Å². The van der Waals surface area contributed by atoms with Crippen LogP contribution in [0.25, 0.3) is 11.8 Å². The van der Waals surface area contributed by atoms with Crippen LogP contribution in [0.5, 0.6) is 0 Å². The van der Waals surface area contributed by atoms with Crippen LogP contribution in [0.1, 0.15) is 12.5 Å². The van der Waals surface area contributed by atoms with Gasteiger partial charge in [-0.15, -0.1) is 0 Å². The predicted octanol–water partition coefficient (Wildman–Crippen LogP) is 3.76.